The standard InChI is InChI=1S/C20H22FN5O/c1-11(2)18-22-10-14(12(3)23-18)20(27)26-8-4-5-17(26)19-24-15-7-6-13(21)9-16(15)25-19/h6-7,9-11,17H,4-5,8H2,1-3H3,(H,24,25). The fraction of sp³-hybridized carbons (Fsp3) is 0.400. The van der Waals surface area contributed by atoms with Crippen LogP contribution in [-0.2, 0) is 0 Å². The molecule has 1 unspecified atom stereocenters. The Balaban J connectivity index is 1.65. The van der Waals surface area contributed by atoms with Gasteiger partial charge in [-0.1, -0.05) is 13.8 Å². The minimum absolute atomic E-state index is 0.0862. The molecule has 1 aliphatic heterocycles. The van der Waals surface area contributed by atoms with Crippen LogP contribution in [0.1, 0.15) is 66.3 Å². The number of amides is 1. The predicted octanol–water partition coefficient (Wildman–Crippen LogP) is 3.90. The van der Waals surface area contributed by atoms with Gasteiger partial charge in [0.2, 0.25) is 0 Å². The molecule has 0 spiro atoms. The minimum Gasteiger partial charge on any atom is -0.340 e. The van der Waals surface area contributed by atoms with E-state index in [0.717, 1.165) is 18.7 Å². The third-order valence-corrected chi connectivity index (χ3v) is 5.04. The number of halogens is 1. The van der Waals surface area contributed by atoms with Crippen LogP contribution in [0.15, 0.2) is 24.4 Å². The summed E-state index contributed by atoms with van der Waals surface area (Å²) in [6.07, 6.45) is 3.34. The van der Waals surface area contributed by atoms with Crippen molar-refractivity contribution in [3.8, 4) is 0 Å². The number of hydrogen-bond acceptors (Lipinski definition) is 4. The van der Waals surface area contributed by atoms with Crippen molar-refractivity contribution in [1.82, 2.24) is 24.8 Å². The molecule has 1 atom stereocenters. The fourth-order valence-electron chi connectivity index (χ4n) is 3.58. The third-order valence-electron chi connectivity index (χ3n) is 5.04. The maximum Gasteiger partial charge on any atom is 0.257 e. The Morgan fingerprint density at radius 3 is 2.89 bits per heavy atom. The molecular formula is C20H22FN5O. The molecule has 1 amide bonds. The Bertz CT molecular complexity index is 1010. The molecule has 3 heterocycles. The first-order chi connectivity index (χ1) is 12.9. The summed E-state index contributed by atoms with van der Waals surface area (Å²) in [6, 6.07) is 4.31. The zero-order chi connectivity index (χ0) is 19.1. The zero-order valence-electron chi connectivity index (χ0n) is 15.7. The van der Waals surface area contributed by atoms with Crippen LogP contribution in [0.25, 0.3) is 11.0 Å². The Hall–Kier alpha value is -2.83. The second-order valence-corrected chi connectivity index (χ2v) is 7.32. The number of rotatable bonds is 3. The number of imidazole rings is 1. The molecule has 1 aromatic carbocycles. The zero-order valence-corrected chi connectivity index (χ0v) is 15.7. The maximum absolute atomic E-state index is 13.5. The van der Waals surface area contributed by atoms with Crippen molar-refractivity contribution in [3.05, 3.63) is 53.1 Å². The number of carbonyl (C=O) groups excluding carboxylic acids is 1. The lowest BCUT2D eigenvalue weighted by molar-refractivity contribution is 0.0728. The van der Waals surface area contributed by atoms with E-state index in [1.807, 2.05) is 25.7 Å². The van der Waals surface area contributed by atoms with Gasteiger partial charge in [0.25, 0.3) is 5.91 Å². The maximum atomic E-state index is 13.5. The van der Waals surface area contributed by atoms with Crippen molar-refractivity contribution in [2.75, 3.05) is 6.54 Å². The highest BCUT2D eigenvalue weighted by molar-refractivity contribution is 5.95. The van der Waals surface area contributed by atoms with Crippen LogP contribution >= 0.6 is 0 Å². The van der Waals surface area contributed by atoms with Crippen LogP contribution in [-0.4, -0.2) is 37.3 Å². The van der Waals surface area contributed by atoms with Gasteiger partial charge in [0.1, 0.15) is 17.5 Å². The quantitative estimate of drug-likeness (QED) is 0.762. The number of fused-ring (bicyclic) bond motifs is 1. The number of benzene rings is 1. The van der Waals surface area contributed by atoms with Crippen LogP contribution in [0.3, 0.4) is 0 Å². The Morgan fingerprint density at radius 1 is 1.33 bits per heavy atom. The molecule has 140 valence electrons. The molecule has 6 nitrogen and oxygen atoms in total. The number of nitrogens with one attached hydrogen (secondary N) is 1. The highest BCUT2D eigenvalue weighted by Gasteiger charge is 2.33. The first-order valence-corrected chi connectivity index (χ1v) is 9.23. The predicted molar refractivity (Wildman–Crippen MR) is 99.9 cm³/mol. The van der Waals surface area contributed by atoms with E-state index in [1.165, 1.54) is 12.1 Å². The van der Waals surface area contributed by atoms with Gasteiger partial charge < -0.3 is 9.88 Å². The molecular weight excluding hydrogens is 345 g/mol. The summed E-state index contributed by atoms with van der Waals surface area (Å²) < 4.78 is 13.5. The number of likely N-dealkylation sites (tertiary alicyclic amines) is 1. The average Bonchev–Trinajstić information content (AvgIpc) is 3.26. The van der Waals surface area contributed by atoms with Crippen LogP contribution in [0.4, 0.5) is 4.39 Å². The van der Waals surface area contributed by atoms with Gasteiger partial charge in [-0.3, -0.25) is 4.79 Å². The smallest absolute Gasteiger partial charge is 0.257 e. The summed E-state index contributed by atoms with van der Waals surface area (Å²) in [7, 11) is 0. The van der Waals surface area contributed by atoms with Gasteiger partial charge in [-0.05, 0) is 38.0 Å². The Morgan fingerprint density at radius 2 is 2.15 bits per heavy atom. The van der Waals surface area contributed by atoms with Crippen molar-refractivity contribution in [1.29, 1.82) is 0 Å². The van der Waals surface area contributed by atoms with E-state index in [0.29, 0.717) is 34.7 Å². The molecule has 0 radical (unpaired) electrons. The molecule has 1 aliphatic rings. The monoisotopic (exact) mass is 367 g/mol. The molecule has 1 fully saturated rings. The number of hydrogen-bond donors (Lipinski definition) is 1. The van der Waals surface area contributed by atoms with E-state index in [2.05, 4.69) is 19.9 Å². The number of nitrogens with zero attached hydrogens (tertiary/aromatic N) is 4. The van der Waals surface area contributed by atoms with Crippen LogP contribution in [0.5, 0.6) is 0 Å². The molecule has 1 N–H and O–H groups in total. The summed E-state index contributed by atoms with van der Waals surface area (Å²) >= 11 is 0. The van der Waals surface area contributed by atoms with Gasteiger partial charge in [0.05, 0.1) is 28.3 Å². The SMILES string of the molecule is Cc1nc(C(C)C)ncc1C(=O)N1CCCC1c1nc2ccc(F)cc2[nH]1. The van der Waals surface area contributed by atoms with Crippen LogP contribution in [0, 0.1) is 12.7 Å². The topological polar surface area (TPSA) is 74.8 Å². The number of carbonyl (C=O) groups is 1. The normalized spacial score (nSPS) is 17.2. The van der Waals surface area contributed by atoms with E-state index in [1.54, 1.807) is 12.3 Å². The second kappa shape index (κ2) is 6.72. The first kappa shape index (κ1) is 17.6. The van der Waals surface area contributed by atoms with Crippen LogP contribution < -0.4 is 0 Å². The van der Waals surface area contributed by atoms with Crippen molar-refractivity contribution in [3.63, 3.8) is 0 Å². The minimum atomic E-state index is -0.310. The van der Waals surface area contributed by atoms with E-state index in [9.17, 15) is 9.18 Å². The van der Waals surface area contributed by atoms with E-state index >= 15 is 0 Å². The van der Waals surface area contributed by atoms with Gasteiger partial charge in [0, 0.05) is 18.7 Å². The summed E-state index contributed by atoms with van der Waals surface area (Å²) in [5.41, 5.74) is 2.56. The van der Waals surface area contributed by atoms with Gasteiger partial charge in [-0.15, -0.1) is 0 Å². The van der Waals surface area contributed by atoms with Gasteiger partial charge in [0.15, 0.2) is 0 Å². The Kier molecular flexibility index (Phi) is 4.37. The van der Waals surface area contributed by atoms with Crippen molar-refractivity contribution in [2.45, 2.75) is 45.6 Å². The van der Waals surface area contributed by atoms with E-state index < -0.39 is 0 Å². The first-order valence-electron chi connectivity index (χ1n) is 9.23. The summed E-state index contributed by atoms with van der Waals surface area (Å²) in [5, 5.41) is 0. The summed E-state index contributed by atoms with van der Waals surface area (Å²) in [5.74, 6) is 1.25. The molecule has 2 aromatic heterocycles. The Labute approximate surface area is 156 Å². The lowest BCUT2D eigenvalue weighted by atomic mass is 10.1. The fourth-order valence-corrected chi connectivity index (χ4v) is 3.58. The van der Waals surface area contributed by atoms with Gasteiger partial charge >= 0.3 is 0 Å². The molecule has 3 aromatic rings. The number of aromatic amines is 1. The third kappa shape index (κ3) is 3.18. The largest absolute Gasteiger partial charge is 0.340 e. The van der Waals surface area contributed by atoms with Crippen LogP contribution in [0.2, 0.25) is 0 Å². The van der Waals surface area contributed by atoms with Crippen molar-refractivity contribution in [2.24, 2.45) is 0 Å². The lowest BCUT2D eigenvalue weighted by Crippen LogP contribution is -2.32. The summed E-state index contributed by atoms with van der Waals surface area (Å²) in [4.78, 5) is 31.5. The van der Waals surface area contributed by atoms with Crippen molar-refractivity contribution < 1.29 is 9.18 Å². The van der Waals surface area contributed by atoms with Gasteiger partial charge in [-0.2, -0.15) is 0 Å². The molecule has 4 rings (SSSR count). The lowest BCUT2D eigenvalue weighted by Gasteiger charge is -2.23. The molecule has 1 saturated heterocycles. The van der Waals surface area contributed by atoms with E-state index in [4.69, 9.17) is 0 Å². The second-order valence-electron chi connectivity index (χ2n) is 7.32. The van der Waals surface area contributed by atoms with Crippen molar-refractivity contribution >= 4 is 16.9 Å². The molecule has 0 saturated carbocycles. The highest BCUT2D eigenvalue weighted by atomic mass is 19.1. The number of aromatic nitrogens is 4. The molecule has 27 heavy (non-hydrogen) atoms. The molecule has 0 aliphatic carbocycles. The molecule has 7 heteroatoms. The summed E-state index contributed by atoms with van der Waals surface area (Å²) in [6.45, 7) is 6.55. The van der Waals surface area contributed by atoms with Gasteiger partial charge in [-0.25, -0.2) is 19.3 Å². The number of aryl methyl sites for hydroxylation is 1. The average molecular weight is 367 g/mol. The van der Waals surface area contributed by atoms with E-state index in [-0.39, 0.29) is 23.7 Å². The molecule has 0 bridgehead atoms. The highest BCUT2D eigenvalue weighted by Crippen LogP contribution is 2.33. The number of H-pyrrole nitrogens is 1.